The van der Waals surface area contributed by atoms with Crippen molar-refractivity contribution in [3.63, 3.8) is 0 Å². The van der Waals surface area contributed by atoms with E-state index in [9.17, 15) is 0 Å². The Bertz CT molecular complexity index is 221. The second kappa shape index (κ2) is 5.68. The summed E-state index contributed by atoms with van der Waals surface area (Å²) in [5.74, 6) is 0.605. The Kier molecular flexibility index (Phi) is 4.44. The van der Waals surface area contributed by atoms with Crippen molar-refractivity contribution >= 4 is 0 Å². The summed E-state index contributed by atoms with van der Waals surface area (Å²) in [6.45, 7) is 4.44. The first kappa shape index (κ1) is 10.2. The van der Waals surface area contributed by atoms with Gasteiger partial charge in [0.05, 0.1) is 5.69 Å². The van der Waals surface area contributed by atoms with E-state index in [1.54, 1.807) is 12.4 Å². The Morgan fingerprint density at radius 3 is 2.69 bits per heavy atom. The van der Waals surface area contributed by atoms with E-state index >= 15 is 0 Å². The van der Waals surface area contributed by atoms with Gasteiger partial charge in [-0.3, -0.25) is 9.97 Å². The second-order valence-electron chi connectivity index (χ2n) is 3.38. The van der Waals surface area contributed by atoms with Gasteiger partial charge in [0.15, 0.2) is 0 Å². The Morgan fingerprint density at radius 2 is 2.15 bits per heavy atom. The molecule has 0 saturated carbocycles. The zero-order valence-corrected chi connectivity index (χ0v) is 8.53. The van der Waals surface area contributed by atoms with Gasteiger partial charge in [-0.1, -0.05) is 26.7 Å². The summed E-state index contributed by atoms with van der Waals surface area (Å²) in [5, 5.41) is 0. The van der Waals surface area contributed by atoms with Crippen molar-refractivity contribution in [3.05, 3.63) is 24.3 Å². The third kappa shape index (κ3) is 3.13. The quantitative estimate of drug-likeness (QED) is 0.692. The number of hydrogen-bond acceptors (Lipinski definition) is 2. The van der Waals surface area contributed by atoms with Crippen LogP contribution in [0.2, 0.25) is 0 Å². The summed E-state index contributed by atoms with van der Waals surface area (Å²) in [6.07, 6.45) is 10.4. The van der Waals surface area contributed by atoms with Crippen molar-refractivity contribution in [3.8, 4) is 0 Å². The van der Waals surface area contributed by atoms with Gasteiger partial charge in [-0.15, -0.1) is 0 Å². The molecule has 0 fully saturated rings. The summed E-state index contributed by atoms with van der Waals surface area (Å²) >= 11 is 0. The van der Waals surface area contributed by atoms with Crippen LogP contribution in [-0.4, -0.2) is 9.97 Å². The first-order chi connectivity index (χ1) is 6.38. The van der Waals surface area contributed by atoms with E-state index in [-0.39, 0.29) is 0 Å². The highest BCUT2D eigenvalue weighted by Gasteiger charge is 2.09. The number of nitrogens with zero attached hydrogens (tertiary/aromatic N) is 2. The lowest BCUT2D eigenvalue weighted by Gasteiger charge is -2.12. The minimum atomic E-state index is 0.605. The molecule has 1 aromatic heterocycles. The number of unbranched alkanes of at least 4 members (excludes halogenated alkanes) is 1. The minimum Gasteiger partial charge on any atom is -0.261 e. The average Bonchev–Trinajstić information content (AvgIpc) is 2.21. The Labute approximate surface area is 80.4 Å². The molecule has 2 nitrogen and oxygen atoms in total. The predicted octanol–water partition coefficient (Wildman–Crippen LogP) is 3.16. The summed E-state index contributed by atoms with van der Waals surface area (Å²) in [4.78, 5) is 8.44. The highest BCUT2D eigenvalue weighted by Crippen LogP contribution is 2.22. The van der Waals surface area contributed by atoms with Crippen LogP contribution in [0.5, 0.6) is 0 Å². The molecule has 0 aliphatic heterocycles. The van der Waals surface area contributed by atoms with Crippen LogP contribution in [0.1, 0.15) is 51.1 Å². The van der Waals surface area contributed by atoms with Gasteiger partial charge in [0.2, 0.25) is 0 Å². The summed E-state index contributed by atoms with van der Waals surface area (Å²) in [5.41, 5.74) is 1.15. The molecule has 13 heavy (non-hydrogen) atoms. The predicted molar refractivity (Wildman–Crippen MR) is 54.6 cm³/mol. The second-order valence-corrected chi connectivity index (χ2v) is 3.38. The molecule has 0 N–H and O–H groups in total. The number of hydrogen-bond donors (Lipinski definition) is 0. The zero-order valence-electron chi connectivity index (χ0n) is 8.53. The van der Waals surface area contributed by atoms with Crippen LogP contribution >= 0.6 is 0 Å². The van der Waals surface area contributed by atoms with Crippen LogP contribution < -0.4 is 0 Å². The molecule has 1 unspecified atom stereocenters. The molecule has 0 saturated heterocycles. The van der Waals surface area contributed by atoms with Crippen LogP contribution in [0.15, 0.2) is 18.6 Å². The molecule has 0 amide bonds. The van der Waals surface area contributed by atoms with E-state index in [4.69, 9.17) is 0 Å². The molecule has 0 aromatic carbocycles. The van der Waals surface area contributed by atoms with Gasteiger partial charge in [0.1, 0.15) is 0 Å². The third-order valence-electron chi connectivity index (χ3n) is 2.40. The molecule has 0 aliphatic carbocycles. The van der Waals surface area contributed by atoms with Crippen LogP contribution in [0.4, 0.5) is 0 Å². The molecule has 72 valence electrons. The number of rotatable bonds is 5. The van der Waals surface area contributed by atoms with Crippen LogP contribution in [0.25, 0.3) is 0 Å². The Balaban J connectivity index is 2.56. The van der Waals surface area contributed by atoms with Crippen molar-refractivity contribution in [1.29, 1.82) is 0 Å². The van der Waals surface area contributed by atoms with E-state index in [1.807, 2.05) is 6.20 Å². The highest BCUT2D eigenvalue weighted by molar-refractivity contribution is 5.02. The molecule has 1 aromatic rings. The Morgan fingerprint density at radius 1 is 1.31 bits per heavy atom. The molecule has 2 heteroatoms. The minimum absolute atomic E-state index is 0.605. The van der Waals surface area contributed by atoms with Gasteiger partial charge in [0.25, 0.3) is 0 Å². The van der Waals surface area contributed by atoms with Crippen molar-refractivity contribution in [1.82, 2.24) is 9.97 Å². The summed E-state index contributed by atoms with van der Waals surface area (Å²) < 4.78 is 0. The van der Waals surface area contributed by atoms with Crippen molar-refractivity contribution in [2.24, 2.45) is 0 Å². The molecule has 0 bridgehead atoms. The molecule has 0 radical (unpaired) electrons. The maximum absolute atomic E-state index is 4.34. The lowest BCUT2D eigenvalue weighted by atomic mass is 9.96. The van der Waals surface area contributed by atoms with Gasteiger partial charge in [-0.05, 0) is 12.8 Å². The van der Waals surface area contributed by atoms with Gasteiger partial charge in [-0.25, -0.2) is 0 Å². The number of aromatic nitrogens is 2. The van der Waals surface area contributed by atoms with Gasteiger partial charge in [0, 0.05) is 24.5 Å². The largest absolute Gasteiger partial charge is 0.261 e. The van der Waals surface area contributed by atoms with Gasteiger partial charge in [-0.2, -0.15) is 0 Å². The van der Waals surface area contributed by atoms with Gasteiger partial charge >= 0.3 is 0 Å². The van der Waals surface area contributed by atoms with E-state index in [2.05, 4.69) is 23.8 Å². The van der Waals surface area contributed by atoms with Crippen LogP contribution in [0, 0.1) is 0 Å². The molecule has 0 aliphatic rings. The lowest BCUT2D eigenvalue weighted by molar-refractivity contribution is 0.555. The Hall–Kier alpha value is -0.920. The third-order valence-corrected chi connectivity index (χ3v) is 2.40. The van der Waals surface area contributed by atoms with Crippen LogP contribution in [0.3, 0.4) is 0 Å². The fraction of sp³-hybridized carbons (Fsp3) is 0.636. The monoisotopic (exact) mass is 178 g/mol. The first-order valence-corrected chi connectivity index (χ1v) is 5.14. The average molecular weight is 178 g/mol. The maximum Gasteiger partial charge on any atom is 0.0617 e. The van der Waals surface area contributed by atoms with Gasteiger partial charge < -0.3 is 0 Å². The van der Waals surface area contributed by atoms with Crippen LogP contribution in [-0.2, 0) is 0 Å². The molecular weight excluding hydrogens is 160 g/mol. The van der Waals surface area contributed by atoms with Crippen molar-refractivity contribution in [2.75, 3.05) is 0 Å². The van der Waals surface area contributed by atoms with E-state index in [0.717, 1.165) is 5.69 Å². The highest BCUT2D eigenvalue weighted by atomic mass is 14.8. The normalized spacial score (nSPS) is 12.8. The fourth-order valence-corrected chi connectivity index (χ4v) is 1.53. The zero-order chi connectivity index (χ0) is 9.52. The molecule has 0 spiro atoms. The summed E-state index contributed by atoms with van der Waals surface area (Å²) in [7, 11) is 0. The lowest BCUT2D eigenvalue weighted by Crippen LogP contribution is -2.00. The van der Waals surface area contributed by atoms with Crippen molar-refractivity contribution in [2.45, 2.75) is 45.4 Å². The fourth-order valence-electron chi connectivity index (χ4n) is 1.53. The first-order valence-electron chi connectivity index (χ1n) is 5.14. The molecule has 1 rings (SSSR count). The van der Waals surface area contributed by atoms with E-state index in [0.29, 0.717) is 5.92 Å². The maximum atomic E-state index is 4.34. The van der Waals surface area contributed by atoms with E-state index in [1.165, 1.54) is 25.7 Å². The topological polar surface area (TPSA) is 25.8 Å². The van der Waals surface area contributed by atoms with E-state index < -0.39 is 0 Å². The smallest absolute Gasteiger partial charge is 0.0617 e. The molecule has 1 heterocycles. The SMILES string of the molecule is CCCCC(CC)c1cnccn1. The molecular formula is C11H18N2. The van der Waals surface area contributed by atoms with Crippen molar-refractivity contribution < 1.29 is 0 Å². The standard InChI is InChI=1S/C11H18N2/c1-3-5-6-10(4-2)11-9-12-7-8-13-11/h7-10H,3-6H2,1-2H3. The molecule has 1 atom stereocenters. The summed E-state index contributed by atoms with van der Waals surface area (Å²) in [6, 6.07) is 0.